The molecule has 0 spiro atoms. The van der Waals surface area contributed by atoms with E-state index < -0.39 is 16.6 Å². The number of nitrogens with zero attached hydrogens (tertiary/aromatic N) is 2. The molecule has 0 aliphatic carbocycles. The highest BCUT2D eigenvalue weighted by Gasteiger charge is 2.22. The number of nitro groups is 1. The second-order valence-corrected chi connectivity index (χ2v) is 2.89. The van der Waals surface area contributed by atoms with E-state index in [9.17, 15) is 14.9 Å². The summed E-state index contributed by atoms with van der Waals surface area (Å²) in [5.74, 6) is -0.784. The first kappa shape index (κ1) is 11.4. The van der Waals surface area contributed by atoms with Gasteiger partial charge in [0.05, 0.1) is 23.8 Å². The van der Waals surface area contributed by atoms with E-state index in [2.05, 4.69) is 9.72 Å². The minimum absolute atomic E-state index is 0.0465. The Morgan fingerprint density at radius 3 is 2.93 bits per heavy atom. The Morgan fingerprint density at radius 2 is 2.40 bits per heavy atom. The summed E-state index contributed by atoms with van der Waals surface area (Å²) in [4.78, 5) is 24.7. The molecule has 80 valence electrons. The normalized spacial score (nSPS) is 9.73. The molecule has 1 rings (SSSR count). The molecule has 1 aromatic rings. The quantitative estimate of drug-likeness (QED) is 0.342. The molecule has 0 atom stereocenters. The number of carbonyl (C=O) groups excluding carboxylic acids is 1. The summed E-state index contributed by atoms with van der Waals surface area (Å²) in [6, 6.07) is 1.01. The number of ether oxygens (including phenoxy) is 1. The van der Waals surface area contributed by atoms with Crippen molar-refractivity contribution < 1.29 is 14.5 Å². The molecule has 7 heteroatoms. The van der Waals surface area contributed by atoms with Crippen molar-refractivity contribution in [1.29, 1.82) is 0 Å². The molecule has 0 unspecified atom stereocenters. The average molecular weight is 231 g/mol. The van der Waals surface area contributed by atoms with Crippen LogP contribution in [0.3, 0.4) is 0 Å². The monoisotopic (exact) mass is 230 g/mol. The molecule has 1 heterocycles. The molecule has 0 N–H and O–H groups in total. The van der Waals surface area contributed by atoms with Gasteiger partial charge in [0.2, 0.25) is 0 Å². The fourth-order valence-corrected chi connectivity index (χ4v) is 1.09. The molecule has 0 saturated heterocycles. The second-order valence-electron chi connectivity index (χ2n) is 2.50. The molecule has 0 aliphatic rings. The van der Waals surface area contributed by atoms with E-state index in [1.807, 2.05) is 0 Å². The van der Waals surface area contributed by atoms with E-state index in [-0.39, 0.29) is 17.3 Å². The molecule has 15 heavy (non-hydrogen) atoms. The predicted molar refractivity (Wildman–Crippen MR) is 51.9 cm³/mol. The minimum Gasteiger partial charge on any atom is -0.462 e. The number of esters is 1. The lowest BCUT2D eigenvalue weighted by Crippen LogP contribution is -2.08. The lowest BCUT2D eigenvalue weighted by Gasteiger charge is -2.02. The lowest BCUT2D eigenvalue weighted by atomic mass is 10.2. The number of hydrogen-bond acceptors (Lipinski definition) is 5. The number of aromatic nitrogens is 1. The topological polar surface area (TPSA) is 82.3 Å². The summed E-state index contributed by atoms with van der Waals surface area (Å²) in [6.45, 7) is 1.74. The highest BCUT2D eigenvalue weighted by molar-refractivity contribution is 6.29. The van der Waals surface area contributed by atoms with Crippen molar-refractivity contribution in [3.63, 3.8) is 0 Å². The van der Waals surface area contributed by atoms with Crippen molar-refractivity contribution in [2.45, 2.75) is 6.92 Å². The highest BCUT2D eigenvalue weighted by Crippen LogP contribution is 2.21. The first-order valence-electron chi connectivity index (χ1n) is 4.03. The van der Waals surface area contributed by atoms with Gasteiger partial charge in [0.15, 0.2) is 5.56 Å². The largest absolute Gasteiger partial charge is 0.462 e. The van der Waals surface area contributed by atoms with Gasteiger partial charge < -0.3 is 4.74 Å². The molecule has 0 saturated carbocycles. The number of carbonyl (C=O) groups is 1. The van der Waals surface area contributed by atoms with Crippen LogP contribution in [0.5, 0.6) is 0 Å². The molecular formula is C8H7ClN2O4. The minimum atomic E-state index is -0.784. The van der Waals surface area contributed by atoms with Crippen molar-refractivity contribution >= 4 is 23.3 Å². The van der Waals surface area contributed by atoms with Crippen LogP contribution in [0.1, 0.15) is 17.3 Å². The van der Waals surface area contributed by atoms with Crippen LogP contribution >= 0.6 is 11.6 Å². The van der Waals surface area contributed by atoms with Gasteiger partial charge in [-0.25, -0.2) is 9.78 Å². The fraction of sp³-hybridized carbons (Fsp3) is 0.250. The Hall–Kier alpha value is -1.69. The van der Waals surface area contributed by atoms with Gasteiger partial charge in [-0.2, -0.15) is 0 Å². The SMILES string of the molecule is CCOC(=O)c1cnc(Cl)cc1[N+](=O)[O-]. The predicted octanol–water partition coefficient (Wildman–Crippen LogP) is 1.82. The van der Waals surface area contributed by atoms with Crippen molar-refractivity contribution in [1.82, 2.24) is 4.98 Å². The first-order valence-corrected chi connectivity index (χ1v) is 4.41. The van der Waals surface area contributed by atoms with Crippen LogP contribution in [0.2, 0.25) is 5.15 Å². The Kier molecular flexibility index (Phi) is 3.56. The summed E-state index contributed by atoms with van der Waals surface area (Å²) < 4.78 is 4.63. The summed E-state index contributed by atoms with van der Waals surface area (Å²) in [6.07, 6.45) is 1.03. The van der Waals surface area contributed by atoms with E-state index in [1.165, 1.54) is 0 Å². The number of pyridine rings is 1. The summed E-state index contributed by atoms with van der Waals surface area (Å²) in [5, 5.41) is 10.5. The third kappa shape index (κ3) is 2.63. The molecule has 0 bridgehead atoms. The molecule has 0 amide bonds. The van der Waals surface area contributed by atoms with Crippen LogP contribution in [-0.2, 0) is 4.74 Å². The van der Waals surface area contributed by atoms with Gasteiger partial charge in [-0.15, -0.1) is 0 Å². The lowest BCUT2D eigenvalue weighted by molar-refractivity contribution is -0.385. The zero-order chi connectivity index (χ0) is 11.4. The number of hydrogen-bond donors (Lipinski definition) is 0. The van der Waals surface area contributed by atoms with Crippen molar-refractivity contribution in [2.75, 3.05) is 6.61 Å². The van der Waals surface area contributed by atoms with Crippen molar-refractivity contribution in [3.05, 3.63) is 33.1 Å². The molecule has 0 aromatic carbocycles. The van der Waals surface area contributed by atoms with Gasteiger partial charge in [-0.1, -0.05) is 11.6 Å². The van der Waals surface area contributed by atoms with E-state index in [4.69, 9.17) is 11.6 Å². The maximum absolute atomic E-state index is 11.3. The molecule has 0 fully saturated rings. The smallest absolute Gasteiger partial charge is 0.346 e. The molecule has 0 radical (unpaired) electrons. The van der Waals surface area contributed by atoms with Gasteiger partial charge in [-0.3, -0.25) is 10.1 Å². The number of rotatable bonds is 3. The second kappa shape index (κ2) is 4.70. The summed E-state index contributed by atoms with van der Waals surface area (Å²) in [5.41, 5.74) is -0.611. The van der Waals surface area contributed by atoms with E-state index in [0.717, 1.165) is 12.3 Å². The molecule has 6 nitrogen and oxygen atoms in total. The van der Waals surface area contributed by atoms with Crippen LogP contribution in [-0.4, -0.2) is 22.5 Å². The van der Waals surface area contributed by atoms with Gasteiger partial charge in [0.1, 0.15) is 5.15 Å². The van der Waals surface area contributed by atoms with Crippen molar-refractivity contribution in [2.24, 2.45) is 0 Å². The van der Waals surface area contributed by atoms with Gasteiger partial charge >= 0.3 is 5.97 Å². The third-order valence-electron chi connectivity index (χ3n) is 1.54. The maximum atomic E-state index is 11.3. The maximum Gasteiger partial charge on any atom is 0.346 e. The highest BCUT2D eigenvalue weighted by atomic mass is 35.5. The number of halogens is 1. The van der Waals surface area contributed by atoms with Crippen LogP contribution in [0, 0.1) is 10.1 Å². The Balaban J connectivity index is 3.17. The molecular weight excluding hydrogens is 224 g/mol. The van der Waals surface area contributed by atoms with E-state index in [0.29, 0.717) is 0 Å². The Labute approximate surface area is 90.0 Å². The summed E-state index contributed by atoms with van der Waals surface area (Å²) in [7, 11) is 0. The molecule has 1 aromatic heterocycles. The van der Waals surface area contributed by atoms with Crippen molar-refractivity contribution in [3.8, 4) is 0 Å². The Bertz CT molecular complexity index is 408. The van der Waals surface area contributed by atoms with Gasteiger partial charge in [0, 0.05) is 0 Å². The van der Waals surface area contributed by atoms with E-state index >= 15 is 0 Å². The van der Waals surface area contributed by atoms with Crippen LogP contribution in [0.4, 0.5) is 5.69 Å². The average Bonchev–Trinajstić information content (AvgIpc) is 2.17. The van der Waals surface area contributed by atoms with E-state index in [1.54, 1.807) is 6.92 Å². The third-order valence-corrected chi connectivity index (χ3v) is 1.75. The van der Waals surface area contributed by atoms with Crippen LogP contribution in [0.15, 0.2) is 12.3 Å². The first-order chi connectivity index (χ1) is 7.06. The Morgan fingerprint density at radius 1 is 1.73 bits per heavy atom. The van der Waals surface area contributed by atoms with Crippen LogP contribution < -0.4 is 0 Å². The zero-order valence-electron chi connectivity index (χ0n) is 7.77. The molecule has 0 aliphatic heterocycles. The zero-order valence-corrected chi connectivity index (χ0v) is 8.52. The van der Waals surface area contributed by atoms with Gasteiger partial charge in [0.25, 0.3) is 5.69 Å². The standard InChI is InChI=1S/C8H7ClN2O4/c1-2-15-8(12)5-4-10-7(9)3-6(5)11(13)14/h3-4H,2H2,1H3. The fourth-order valence-electron chi connectivity index (χ4n) is 0.937. The van der Waals surface area contributed by atoms with Crippen LogP contribution in [0.25, 0.3) is 0 Å². The summed E-state index contributed by atoms with van der Waals surface area (Å²) >= 11 is 5.47. The van der Waals surface area contributed by atoms with Gasteiger partial charge in [-0.05, 0) is 6.92 Å².